The van der Waals surface area contributed by atoms with Gasteiger partial charge in [-0.2, -0.15) is 0 Å². The molecule has 0 saturated carbocycles. The van der Waals surface area contributed by atoms with Crippen LogP contribution in [-0.4, -0.2) is 50.9 Å². The molecule has 21 heavy (non-hydrogen) atoms. The van der Waals surface area contributed by atoms with Crippen LogP contribution in [0.5, 0.6) is 0 Å². The Morgan fingerprint density at radius 1 is 1.33 bits per heavy atom. The van der Waals surface area contributed by atoms with Gasteiger partial charge in [0.2, 0.25) is 0 Å². The summed E-state index contributed by atoms with van der Waals surface area (Å²) in [6.07, 6.45) is 5.85. The fourth-order valence-corrected chi connectivity index (χ4v) is 2.52. The molecule has 0 radical (unpaired) electrons. The molecule has 6 heteroatoms. The molecule has 1 aromatic rings. The molecule has 0 spiro atoms. The van der Waals surface area contributed by atoms with Gasteiger partial charge in [-0.15, -0.1) is 0 Å². The summed E-state index contributed by atoms with van der Waals surface area (Å²) in [5.74, 6) is 0.552. The van der Waals surface area contributed by atoms with Crippen LogP contribution in [0, 0.1) is 5.92 Å². The summed E-state index contributed by atoms with van der Waals surface area (Å²) >= 11 is 0. The zero-order valence-electron chi connectivity index (χ0n) is 12.5. The molecule has 116 valence electrons. The Kier molecular flexibility index (Phi) is 6.27. The average molecular weight is 292 g/mol. The lowest BCUT2D eigenvalue weighted by Crippen LogP contribution is -2.42. The van der Waals surface area contributed by atoms with Crippen molar-refractivity contribution in [1.29, 1.82) is 0 Å². The molecule has 6 nitrogen and oxygen atoms in total. The van der Waals surface area contributed by atoms with E-state index >= 15 is 0 Å². The van der Waals surface area contributed by atoms with Crippen molar-refractivity contribution in [2.75, 3.05) is 44.8 Å². The lowest BCUT2D eigenvalue weighted by Gasteiger charge is -2.33. The van der Waals surface area contributed by atoms with Gasteiger partial charge in [0.15, 0.2) is 0 Å². The third kappa shape index (κ3) is 5.23. The number of methoxy groups -OCH3 is 1. The van der Waals surface area contributed by atoms with Gasteiger partial charge in [-0.25, -0.2) is 4.79 Å². The maximum Gasteiger partial charge on any atom is 0.314 e. The van der Waals surface area contributed by atoms with Crippen molar-refractivity contribution in [1.82, 2.24) is 15.6 Å². The van der Waals surface area contributed by atoms with Crippen LogP contribution in [-0.2, 0) is 4.74 Å². The molecular weight excluding hydrogens is 268 g/mol. The summed E-state index contributed by atoms with van der Waals surface area (Å²) in [4.78, 5) is 18.0. The largest absolute Gasteiger partial charge is 0.383 e. The summed E-state index contributed by atoms with van der Waals surface area (Å²) in [7, 11) is 1.62. The van der Waals surface area contributed by atoms with Crippen molar-refractivity contribution in [2.24, 2.45) is 5.92 Å². The number of nitrogens with one attached hydrogen (secondary N) is 2. The first-order valence-corrected chi connectivity index (χ1v) is 7.45. The summed E-state index contributed by atoms with van der Waals surface area (Å²) in [6.45, 7) is 3.88. The third-order valence-electron chi connectivity index (χ3n) is 3.79. The van der Waals surface area contributed by atoms with Crippen molar-refractivity contribution in [3.8, 4) is 0 Å². The zero-order valence-corrected chi connectivity index (χ0v) is 12.5. The van der Waals surface area contributed by atoms with Crippen molar-refractivity contribution >= 4 is 11.7 Å². The minimum absolute atomic E-state index is 0.108. The number of ether oxygens (including phenoxy) is 1. The van der Waals surface area contributed by atoms with E-state index in [0.717, 1.165) is 32.5 Å². The van der Waals surface area contributed by atoms with E-state index < -0.39 is 0 Å². The van der Waals surface area contributed by atoms with Crippen molar-refractivity contribution < 1.29 is 9.53 Å². The average Bonchev–Trinajstić information content (AvgIpc) is 2.54. The summed E-state index contributed by atoms with van der Waals surface area (Å²) in [5, 5.41) is 5.70. The number of pyridine rings is 1. The minimum atomic E-state index is -0.108. The highest BCUT2D eigenvalue weighted by molar-refractivity contribution is 5.73. The number of anilines is 1. The number of rotatable bonds is 6. The first-order valence-electron chi connectivity index (χ1n) is 7.45. The number of nitrogens with zero attached hydrogens (tertiary/aromatic N) is 2. The number of hydrogen-bond acceptors (Lipinski definition) is 4. The molecule has 0 atom stereocenters. The van der Waals surface area contributed by atoms with Gasteiger partial charge in [0, 0.05) is 51.4 Å². The molecule has 0 aromatic carbocycles. The Bertz CT molecular complexity index is 419. The van der Waals surface area contributed by atoms with E-state index in [9.17, 15) is 4.79 Å². The molecule has 2 N–H and O–H groups in total. The van der Waals surface area contributed by atoms with Gasteiger partial charge >= 0.3 is 6.03 Å². The van der Waals surface area contributed by atoms with Gasteiger partial charge < -0.3 is 20.3 Å². The second-order valence-electron chi connectivity index (χ2n) is 5.27. The Morgan fingerprint density at radius 2 is 2.05 bits per heavy atom. The minimum Gasteiger partial charge on any atom is -0.383 e. The molecule has 0 aliphatic carbocycles. The molecule has 0 bridgehead atoms. The van der Waals surface area contributed by atoms with Crippen molar-refractivity contribution in [3.05, 3.63) is 24.5 Å². The predicted octanol–water partition coefficient (Wildman–Crippen LogP) is 1.24. The number of carbonyl (C=O) groups is 1. The molecule has 2 heterocycles. The van der Waals surface area contributed by atoms with Gasteiger partial charge in [-0.3, -0.25) is 4.98 Å². The van der Waals surface area contributed by atoms with Crippen LogP contribution < -0.4 is 15.5 Å². The van der Waals surface area contributed by atoms with Crippen LogP contribution >= 0.6 is 0 Å². The van der Waals surface area contributed by atoms with E-state index in [2.05, 4.69) is 20.5 Å². The lowest BCUT2D eigenvalue weighted by atomic mass is 9.96. The number of urea groups is 1. The van der Waals surface area contributed by atoms with E-state index in [1.165, 1.54) is 5.69 Å². The highest BCUT2D eigenvalue weighted by Crippen LogP contribution is 2.22. The Hall–Kier alpha value is -1.82. The number of hydrogen-bond donors (Lipinski definition) is 2. The second-order valence-corrected chi connectivity index (χ2v) is 5.27. The number of aromatic nitrogens is 1. The van der Waals surface area contributed by atoms with Gasteiger partial charge in [0.1, 0.15) is 0 Å². The molecule has 1 aliphatic heterocycles. The Labute approximate surface area is 125 Å². The Balaban J connectivity index is 1.64. The van der Waals surface area contributed by atoms with E-state index in [0.29, 0.717) is 19.1 Å². The van der Waals surface area contributed by atoms with Crippen LogP contribution in [0.1, 0.15) is 12.8 Å². The van der Waals surface area contributed by atoms with Crippen LogP contribution in [0.3, 0.4) is 0 Å². The smallest absolute Gasteiger partial charge is 0.314 e. The molecular formula is C15H24N4O2. The van der Waals surface area contributed by atoms with Crippen molar-refractivity contribution in [3.63, 3.8) is 0 Å². The normalized spacial score (nSPS) is 15.8. The van der Waals surface area contributed by atoms with Gasteiger partial charge in [-0.05, 0) is 30.9 Å². The molecule has 1 fully saturated rings. The summed E-state index contributed by atoms with van der Waals surface area (Å²) in [6, 6.07) is 3.98. The molecule has 2 amide bonds. The van der Waals surface area contributed by atoms with Crippen LogP contribution in [0.2, 0.25) is 0 Å². The quantitative estimate of drug-likeness (QED) is 0.774. The predicted molar refractivity (Wildman–Crippen MR) is 82.5 cm³/mol. The van der Waals surface area contributed by atoms with E-state index in [1.54, 1.807) is 7.11 Å². The van der Waals surface area contributed by atoms with E-state index in [1.807, 2.05) is 24.5 Å². The second kappa shape index (κ2) is 8.46. The highest BCUT2D eigenvalue weighted by atomic mass is 16.5. The molecule has 0 unspecified atom stereocenters. The maximum atomic E-state index is 11.6. The standard InChI is InChI=1S/C15H24N4O2/c1-21-11-8-17-15(20)18-12-13-4-9-19(10-5-13)14-2-6-16-7-3-14/h2-3,6-7,13H,4-5,8-12H2,1H3,(H2,17,18,20). The van der Waals surface area contributed by atoms with Crippen LogP contribution in [0.15, 0.2) is 24.5 Å². The number of carbonyl (C=O) groups excluding carboxylic acids is 1. The van der Waals surface area contributed by atoms with Gasteiger partial charge in [0.05, 0.1) is 6.61 Å². The number of amides is 2. The topological polar surface area (TPSA) is 66.5 Å². The van der Waals surface area contributed by atoms with Crippen LogP contribution in [0.4, 0.5) is 10.5 Å². The van der Waals surface area contributed by atoms with E-state index in [-0.39, 0.29) is 6.03 Å². The summed E-state index contributed by atoms with van der Waals surface area (Å²) in [5.41, 5.74) is 1.23. The zero-order chi connectivity index (χ0) is 14.9. The Morgan fingerprint density at radius 3 is 2.71 bits per heavy atom. The maximum absolute atomic E-state index is 11.6. The van der Waals surface area contributed by atoms with E-state index in [4.69, 9.17) is 4.74 Å². The first-order chi connectivity index (χ1) is 10.3. The molecule has 2 rings (SSSR count). The molecule has 1 aliphatic rings. The molecule has 1 saturated heterocycles. The first kappa shape index (κ1) is 15.6. The van der Waals surface area contributed by atoms with Crippen molar-refractivity contribution in [2.45, 2.75) is 12.8 Å². The summed E-state index contributed by atoms with van der Waals surface area (Å²) < 4.78 is 4.89. The fourth-order valence-electron chi connectivity index (χ4n) is 2.52. The third-order valence-corrected chi connectivity index (χ3v) is 3.79. The van der Waals surface area contributed by atoms with Crippen LogP contribution in [0.25, 0.3) is 0 Å². The fraction of sp³-hybridized carbons (Fsp3) is 0.600. The molecule has 1 aromatic heterocycles. The monoisotopic (exact) mass is 292 g/mol. The SMILES string of the molecule is COCCNC(=O)NCC1CCN(c2ccncc2)CC1. The lowest BCUT2D eigenvalue weighted by molar-refractivity contribution is 0.195. The highest BCUT2D eigenvalue weighted by Gasteiger charge is 2.19. The number of piperidine rings is 1. The van der Waals surface area contributed by atoms with Gasteiger partial charge in [-0.1, -0.05) is 0 Å². The van der Waals surface area contributed by atoms with Gasteiger partial charge in [0.25, 0.3) is 0 Å².